The molecule has 8 heteroatoms. The number of H-pyrrole nitrogens is 1. The zero-order valence-corrected chi connectivity index (χ0v) is 20.1. The zero-order chi connectivity index (χ0) is 23.5. The number of aromatic amines is 1. The number of nitrogens with one attached hydrogen (secondary N) is 1. The van der Waals surface area contributed by atoms with Crippen LogP contribution >= 0.6 is 11.6 Å². The maximum Gasteiger partial charge on any atom is 0.296 e. The molecule has 7 nitrogen and oxygen atoms in total. The number of aromatic nitrogens is 3. The van der Waals surface area contributed by atoms with E-state index in [1.165, 1.54) is 0 Å². The SMILES string of the molecule is CC(=O)N1CCC2(CC1)CC(Oc1nc3nc(-c4ccc(C5(O)CCC5)cc4)c(Cl)cc3[nH]1)C2. The number of aliphatic hydroxyl groups is 1. The second-order valence-electron chi connectivity index (χ2n) is 10.3. The number of halogens is 1. The minimum absolute atomic E-state index is 0.129. The molecule has 3 fully saturated rings. The highest BCUT2D eigenvalue weighted by molar-refractivity contribution is 6.33. The summed E-state index contributed by atoms with van der Waals surface area (Å²) in [5.74, 6) is 0.168. The van der Waals surface area contributed by atoms with E-state index in [4.69, 9.17) is 21.3 Å². The number of amides is 1. The quantitative estimate of drug-likeness (QED) is 0.558. The van der Waals surface area contributed by atoms with E-state index in [1.807, 2.05) is 35.2 Å². The molecule has 1 spiro atoms. The number of hydrogen-bond acceptors (Lipinski definition) is 5. The Bertz CT molecular complexity index is 1230. The maximum absolute atomic E-state index is 11.6. The van der Waals surface area contributed by atoms with Crippen molar-refractivity contribution in [3.63, 3.8) is 0 Å². The summed E-state index contributed by atoms with van der Waals surface area (Å²) < 4.78 is 6.14. The fraction of sp³-hybridized carbons (Fsp3) is 0.500. The molecule has 1 aromatic carbocycles. The molecule has 6 rings (SSSR count). The number of ether oxygens (including phenoxy) is 1. The van der Waals surface area contributed by atoms with Gasteiger partial charge in [0.05, 0.1) is 21.8 Å². The highest BCUT2D eigenvalue weighted by Crippen LogP contribution is 2.50. The van der Waals surface area contributed by atoms with E-state index in [0.717, 1.165) is 74.7 Å². The van der Waals surface area contributed by atoms with E-state index in [1.54, 1.807) is 6.92 Å². The molecule has 3 aliphatic rings. The average Bonchev–Trinajstić information content (AvgIpc) is 3.17. The number of hydrogen-bond donors (Lipinski definition) is 2. The van der Waals surface area contributed by atoms with Crippen LogP contribution < -0.4 is 4.74 Å². The van der Waals surface area contributed by atoms with E-state index in [-0.39, 0.29) is 12.0 Å². The van der Waals surface area contributed by atoms with Gasteiger partial charge in [-0.2, -0.15) is 4.98 Å². The van der Waals surface area contributed by atoms with Crippen LogP contribution in [0.5, 0.6) is 6.01 Å². The number of fused-ring (bicyclic) bond motifs is 1. The molecule has 0 atom stereocenters. The van der Waals surface area contributed by atoms with Crippen molar-refractivity contribution in [1.29, 1.82) is 0 Å². The van der Waals surface area contributed by atoms with Gasteiger partial charge in [-0.15, -0.1) is 0 Å². The topological polar surface area (TPSA) is 91.3 Å². The molecule has 2 N–H and O–H groups in total. The van der Waals surface area contributed by atoms with Crippen molar-refractivity contribution in [3.05, 3.63) is 40.9 Å². The van der Waals surface area contributed by atoms with Crippen molar-refractivity contribution in [2.75, 3.05) is 13.1 Å². The number of rotatable bonds is 4. The molecule has 3 aromatic rings. The van der Waals surface area contributed by atoms with Crippen molar-refractivity contribution >= 4 is 28.7 Å². The van der Waals surface area contributed by atoms with Gasteiger partial charge in [-0.1, -0.05) is 35.9 Å². The first-order valence-corrected chi connectivity index (χ1v) is 12.5. The summed E-state index contributed by atoms with van der Waals surface area (Å²) in [6, 6.07) is 10.2. The molecular weight excluding hydrogens is 452 g/mol. The van der Waals surface area contributed by atoms with Crippen LogP contribution in [-0.2, 0) is 10.4 Å². The molecule has 2 saturated carbocycles. The first kappa shape index (κ1) is 21.9. The van der Waals surface area contributed by atoms with Crippen LogP contribution in [-0.4, -0.2) is 50.1 Å². The standard InChI is InChI=1S/C26H29ClN4O3/c1-16(32)31-11-9-25(10-12-31)14-19(15-25)34-24-28-21-13-20(27)22(29-23(21)30-24)17-3-5-18(6-4-17)26(33)7-2-8-26/h3-6,13,19,33H,2,7-12,14-15H2,1H3,(H,28,29,30). The third-order valence-electron chi connectivity index (χ3n) is 8.15. The highest BCUT2D eigenvalue weighted by Gasteiger charge is 2.47. The lowest BCUT2D eigenvalue weighted by Gasteiger charge is -2.51. The van der Waals surface area contributed by atoms with Gasteiger partial charge in [-0.3, -0.25) is 4.79 Å². The molecule has 178 valence electrons. The van der Waals surface area contributed by atoms with Gasteiger partial charge in [0.15, 0.2) is 5.65 Å². The molecule has 1 amide bonds. The molecule has 0 radical (unpaired) electrons. The molecule has 34 heavy (non-hydrogen) atoms. The van der Waals surface area contributed by atoms with Crippen LogP contribution in [0.2, 0.25) is 5.02 Å². The minimum Gasteiger partial charge on any atom is -0.461 e. The lowest BCUT2D eigenvalue weighted by Crippen LogP contribution is -2.51. The lowest BCUT2D eigenvalue weighted by molar-refractivity contribution is -0.134. The monoisotopic (exact) mass is 480 g/mol. The van der Waals surface area contributed by atoms with Gasteiger partial charge in [0, 0.05) is 25.6 Å². The van der Waals surface area contributed by atoms with Gasteiger partial charge < -0.3 is 19.7 Å². The van der Waals surface area contributed by atoms with E-state index in [0.29, 0.717) is 27.8 Å². The summed E-state index contributed by atoms with van der Waals surface area (Å²) in [6.07, 6.45) is 6.89. The van der Waals surface area contributed by atoms with E-state index in [9.17, 15) is 9.90 Å². The van der Waals surface area contributed by atoms with E-state index >= 15 is 0 Å². The molecule has 2 aliphatic carbocycles. The molecule has 2 aromatic heterocycles. The average molecular weight is 481 g/mol. The van der Waals surface area contributed by atoms with Gasteiger partial charge in [0.2, 0.25) is 5.91 Å². The summed E-state index contributed by atoms with van der Waals surface area (Å²) in [5, 5.41) is 11.1. The number of piperidine rings is 1. The van der Waals surface area contributed by atoms with Gasteiger partial charge in [0.1, 0.15) is 6.10 Å². The largest absolute Gasteiger partial charge is 0.461 e. The number of benzene rings is 1. The Balaban J connectivity index is 1.14. The van der Waals surface area contributed by atoms with Crippen LogP contribution in [0.1, 0.15) is 57.4 Å². The third kappa shape index (κ3) is 3.75. The Hall–Kier alpha value is -2.64. The number of carbonyl (C=O) groups excluding carboxylic acids is 1. The molecule has 0 bridgehead atoms. The Morgan fingerprint density at radius 2 is 1.85 bits per heavy atom. The summed E-state index contributed by atoms with van der Waals surface area (Å²) in [5.41, 5.74) is 3.43. The second-order valence-corrected chi connectivity index (χ2v) is 10.8. The van der Waals surface area contributed by atoms with Crippen LogP contribution in [0.3, 0.4) is 0 Å². The number of carbonyl (C=O) groups is 1. The van der Waals surface area contributed by atoms with Gasteiger partial charge in [-0.25, -0.2) is 4.98 Å². The molecule has 1 aliphatic heterocycles. The van der Waals surface area contributed by atoms with Crippen molar-refractivity contribution < 1.29 is 14.6 Å². The lowest BCUT2D eigenvalue weighted by atomic mass is 9.61. The van der Waals surface area contributed by atoms with E-state index < -0.39 is 5.60 Å². The number of nitrogens with zero attached hydrogens (tertiary/aromatic N) is 3. The summed E-state index contributed by atoms with van der Waals surface area (Å²) in [4.78, 5) is 26.0. The number of likely N-dealkylation sites (tertiary alicyclic amines) is 1. The number of imidazole rings is 1. The molecular formula is C26H29ClN4O3. The summed E-state index contributed by atoms with van der Waals surface area (Å²) >= 11 is 6.56. The predicted molar refractivity (Wildman–Crippen MR) is 130 cm³/mol. The van der Waals surface area contributed by atoms with Gasteiger partial charge in [-0.05, 0) is 62.0 Å². The van der Waals surface area contributed by atoms with Crippen molar-refractivity contribution in [2.24, 2.45) is 5.41 Å². The highest BCUT2D eigenvalue weighted by atomic mass is 35.5. The Morgan fingerprint density at radius 3 is 2.47 bits per heavy atom. The minimum atomic E-state index is -0.682. The van der Waals surface area contributed by atoms with E-state index in [2.05, 4.69) is 9.97 Å². The molecule has 3 heterocycles. The van der Waals surface area contributed by atoms with Crippen molar-refractivity contribution in [1.82, 2.24) is 19.9 Å². The second kappa shape index (κ2) is 7.95. The zero-order valence-electron chi connectivity index (χ0n) is 19.3. The smallest absolute Gasteiger partial charge is 0.296 e. The Labute approximate surface area is 203 Å². The normalized spacial score (nSPS) is 21.3. The van der Waals surface area contributed by atoms with Crippen LogP contribution in [0, 0.1) is 5.41 Å². The Morgan fingerprint density at radius 1 is 1.15 bits per heavy atom. The Kier molecular flexibility index (Phi) is 5.12. The van der Waals surface area contributed by atoms with Crippen molar-refractivity contribution in [2.45, 2.75) is 63.6 Å². The summed E-state index contributed by atoms with van der Waals surface area (Å²) in [6.45, 7) is 3.34. The molecule has 1 saturated heterocycles. The van der Waals surface area contributed by atoms with Gasteiger partial charge >= 0.3 is 0 Å². The van der Waals surface area contributed by atoms with Crippen LogP contribution in [0.25, 0.3) is 22.4 Å². The maximum atomic E-state index is 11.6. The fourth-order valence-corrected chi connectivity index (χ4v) is 6.00. The fourth-order valence-electron chi connectivity index (χ4n) is 5.74. The third-order valence-corrected chi connectivity index (χ3v) is 8.44. The predicted octanol–water partition coefficient (Wildman–Crippen LogP) is 4.82. The van der Waals surface area contributed by atoms with Crippen molar-refractivity contribution in [3.8, 4) is 17.3 Å². The molecule has 0 unspecified atom stereocenters. The first-order valence-electron chi connectivity index (χ1n) is 12.1. The van der Waals surface area contributed by atoms with Crippen LogP contribution in [0.15, 0.2) is 30.3 Å². The first-order chi connectivity index (χ1) is 16.3. The summed E-state index contributed by atoms with van der Waals surface area (Å²) in [7, 11) is 0. The van der Waals surface area contributed by atoms with Gasteiger partial charge in [0.25, 0.3) is 6.01 Å². The van der Waals surface area contributed by atoms with Crippen LogP contribution in [0.4, 0.5) is 0 Å². The number of pyridine rings is 1.